The number of hydrogen-bond acceptors (Lipinski definition) is 4. The summed E-state index contributed by atoms with van der Waals surface area (Å²) >= 11 is 0. The Bertz CT molecular complexity index is 322. The Hall–Kier alpha value is -1.46. The minimum absolute atomic E-state index is 0.00578. The van der Waals surface area contributed by atoms with Crippen LogP contribution in [0.15, 0.2) is 0 Å². The first-order valence-corrected chi connectivity index (χ1v) is 5.18. The fraction of sp³-hybridized carbons (Fsp3) is 0.778. The summed E-state index contributed by atoms with van der Waals surface area (Å²) in [6.45, 7) is 4.01. The molecule has 6 nitrogen and oxygen atoms in total. The molecule has 1 aromatic heterocycles. The van der Waals surface area contributed by atoms with E-state index >= 15 is 0 Å². The number of carbonyl (C=O) groups is 1. The van der Waals surface area contributed by atoms with E-state index in [0.29, 0.717) is 0 Å². The highest BCUT2D eigenvalue weighted by atomic mass is 16.2. The number of unbranched alkanes of at least 4 members (excludes halogenated alkanes) is 1. The first-order chi connectivity index (χ1) is 7.13. The minimum atomic E-state index is -0.0450. The van der Waals surface area contributed by atoms with Crippen LogP contribution in [0.3, 0.4) is 0 Å². The summed E-state index contributed by atoms with van der Waals surface area (Å²) in [5, 5.41) is 13.8. The summed E-state index contributed by atoms with van der Waals surface area (Å²) in [5.41, 5.74) is 0. The highest BCUT2D eigenvalue weighted by Crippen LogP contribution is 2.09. The normalized spacial score (nSPS) is 12.5. The topological polar surface area (TPSA) is 72.7 Å². The predicted molar refractivity (Wildman–Crippen MR) is 56.1 cm³/mol. The highest BCUT2D eigenvalue weighted by Gasteiger charge is 2.14. The molecule has 0 aliphatic heterocycles. The number of aryl methyl sites for hydroxylation is 1. The molecular formula is C9H17N5O. The van der Waals surface area contributed by atoms with E-state index in [4.69, 9.17) is 0 Å². The van der Waals surface area contributed by atoms with Crippen molar-refractivity contribution in [3.8, 4) is 0 Å². The van der Waals surface area contributed by atoms with E-state index < -0.39 is 0 Å². The van der Waals surface area contributed by atoms with Crippen molar-refractivity contribution >= 4 is 11.9 Å². The fourth-order valence-electron chi connectivity index (χ4n) is 1.21. The van der Waals surface area contributed by atoms with Crippen molar-refractivity contribution in [3.05, 3.63) is 0 Å². The van der Waals surface area contributed by atoms with Gasteiger partial charge in [-0.3, -0.25) is 10.1 Å². The molecule has 1 atom stereocenters. The first-order valence-electron chi connectivity index (χ1n) is 5.18. The number of hydrogen-bond donors (Lipinski definition) is 1. The van der Waals surface area contributed by atoms with Gasteiger partial charge < -0.3 is 0 Å². The Kier molecular flexibility index (Phi) is 4.20. The maximum absolute atomic E-state index is 11.6. The molecule has 1 N–H and O–H groups in total. The quantitative estimate of drug-likeness (QED) is 0.787. The van der Waals surface area contributed by atoms with Crippen molar-refractivity contribution in [2.24, 2.45) is 13.0 Å². The van der Waals surface area contributed by atoms with Gasteiger partial charge in [-0.25, -0.2) is 0 Å². The molecule has 1 amide bonds. The lowest BCUT2D eigenvalue weighted by atomic mass is 10.0. The summed E-state index contributed by atoms with van der Waals surface area (Å²) in [4.78, 5) is 12.9. The largest absolute Gasteiger partial charge is 0.292 e. The van der Waals surface area contributed by atoms with Gasteiger partial charge in [-0.1, -0.05) is 31.8 Å². The van der Waals surface area contributed by atoms with Gasteiger partial charge >= 0.3 is 0 Å². The Morgan fingerprint density at radius 2 is 2.33 bits per heavy atom. The fourth-order valence-corrected chi connectivity index (χ4v) is 1.21. The Morgan fingerprint density at radius 3 is 2.87 bits per heavy atom. The zero-order valence-corrected chi connectivity index (χ0v) is 9.40. The van der Waals surface area contributed by atoms with Crippen LogP contribution < -0.4 is 5.32 Å². The average Bonchev–Trinajstić information content (AvgIpc) is 2.60. The predicted octanol–water partition coefficient (Wildman–Crippen LogP) is 0.975. The van der Waals surface area contributed by atoms with Crippen LogP contribution >= 0.6 is 0 Å². The van der Waals surface area contributed by atoms with Gasteiger partial charge in [-0.05, 0) is 11.6 Å². The summed E-state index contributed by atoms with van der Waals surface area (Å²) < 4.78 is 0. The molecule has 1 unspecified atom stereocenters. The van der Waals surface area contributed by atoms with Gasteiger partial charge in [0.05, 0.1) is 7.05 Å². The third kappa shape index (κ3) is 3.65. The molecule has 1 aromatic rings. The zero-order valence-electron chi connectivity index (χ0n) is 9.40. The van der Waals surface area contributed by atoms with Gasteiger partial charge in [0.25, 0.3) is 5.95 Å². The van der Waals surface area contributed by atoms with Gasteiger partial charge in [0, 0.05) is 5.92 Å². The molecule has 0 aliphatic rings. The Labute approximate surface area is 89.0 Å². The number of nitrogens with zero attached hydrogens (tertiary/aromatic N) is 4. The van der Waals surface area contributed by atoms with Crippen LogP contribution in [0, 0.1) is 5.92 Å². The first kappa shape index (κ1) is 11.6. The van der Waals surface area contributed by atoms with Crippen LogP contribution in [-0.2, 0) is 11.8 Å². The van der Waals surface area contributed by atoms with E-state index in [0.717, 1.165) is 19.3 Å². The lowest BCUT2D eigenvalue weighted by molar-refractivity contribution is -0.119. The molecule has 84 valence electrons. The van der Waals surface area contributed by atoms with Crippen LogP contribution in [0.25, 0.3) is 0 Å². The van der Waals surface area contributed by atoms with E-state index in [1.807, 2.05) is 6.92 Å². The molecule has 0 saturated heterocycles. The average molecular weight is 211 g/mol. The molecule has 1 heterocycles. The van der Waals surface area contributed by atoms with Crippen molar-refractivity contribution < 1.29 is 4.79 Å². The SMILES string of the molecule is CCCCC(C)C(=O)Nc1nnn(C)n1. The highest BCUT2D eigenvalue weighted by molar-refractivity contribution is 5.90. The molecule has 0 spiro atoms. The monoisotopic (exact) mass is 211 g/mol. The molecule has 0 aromatic carbocycles. The van der Waals surface area contributed by atoms with Crippen molar-refractivity contribution in [3.63, 3.8) is 0 Å². The maximum Gasteiger partial charge on any atom is 0.270 e. The number of aromatic nitrogens is 4. The molecule has 6 heteroatoms. The maximum atomic E-state index is 11.6. The van der Waals surface area contributed by atoms with E-state index in [9.17, 15) is 4.79 Å². The lowest BCUT2D eigenvalue weighted by Gasteiger charge is -2.08. The smallest absolute Gasteiger partial charge is 0.270 e. The van der Waals surface area contributed by atoms with Gasteiger partial charge in [-0.15, -0.1) is 5.10 Å². The number of nitrogens with one attached hydrogen (secondary N) is 1. The molecule has 1 rings (SSSR count). The van der Waals surface area contributed by atoms with Gasteiger partial charge in [-0.2, -0.15) is 4.80 Å². The number of anilines is 1. The van der Waals surface area contributed by atoms with Gasteiger partial charge in [0.1, 0.15) is 0 Å². The second-order valence-electron chi connectivity index (χ2n) is 3.64. The Balaban J connectivity index is 2.41. The summed E-state index contributed by atoms with van der Waals surface area (Å²) in [6.07, 6.45) is 3.05. The van der Waals surface area contributed by atoms with E-state index in [2.05, 4.69) is 27.7 Å². The number of tetrazole rings is 1. The number of rotatable bonds is 5. The minimum Gasteiger partial charge on any atom is -0.292 e. The molecule has 0 bridgehead atoms. The Morgan fingerprint density at radius 1 is 1.60 bits per heavy atom. The van der Waals surface area contributed by atoms with Crippen molar-refractivity contribution in [2.45, 2.75) is 33.1 Å². The molecule has 0 saturated carbocycles. The lowest BCUT2D eigenvalue weighted by Crippen LogP contribution is -2.21. The van der Waals surface area contributed by atoms with Crippen LogP contribution in [0.4, 0.5) is 5.95 Å². The summed E-state index contributed by atoms with van der Waals surface area (Å²) in [6, 6.07) is 0. The van der Waals surface area contributed by atoms with Crippen LogP contribution in [-0.4, -0.2) is 26.1 Å². The number of carbonyl (C=O) groups excluding carboxylic acids is 1. The molecular weight excluding hydrogens is 194 g/mol. The summed E-state index contributed by atoms with van der Waals surface area (Å²) in [7, 11) is 1.66. The molecule has 15 heavy (non-hydrogen) atoms. The molecule has 0 radical (unpaired) electrons. The number of amides is 1. The van der Waals surface area contributed by atoms with Crippen LogP contribution in [0.2, 0.25) is 0 Å². The third-order valence-electron chi connectivity index (χ3n) is 2.18. The van der Waals surface area contributed by atoms with Crippen molar-refractivity contribution in [1.82, 2.24) is 20.2 Å². The van der Waals surface area contributed by atoms with Gasteiger partial charge in [0.2, 0.25) is 5.91 Å². The molecule has 0 fully saturated rings. The zero-order chi connectivity index (χ0) is 11.3. The van der Waals surface area contributed by atoms with E-state index in [-0.39, 0.29) is 17.8 Å². The van der Waals surface area contributed by atoms with Crippen molar-refractivity contribution in [1.29, 1.82) is 0 Å². The standard InChI is InChI=1S/C9H17N5O/c1-4-5-6-7(2)8(15)10-9-11-13-14(3)12-9/h7H,4-6H2,1-3H3,(H,10,12,15). The van der Waals surface area contributed by atoms with Crippen molar-refractivity contribution in [2.75, 3.05) is 5.32 Å². The van der Waals surface area contributed by atoms with Crippen LogP contribution in [0.5, 0.6) is 0 Å². The second kappa shape index (κ2) is 5.43. The van der Waals surface area contributed by atoms with Crippen LogP contribution in [0.1, 0.15) is 33.1 Å². The third-order valence-corrected chi connectivity index (χ3v) is 2.18. The van der Waals surface area contributed by atoms with Gasteiger partial charge in [0.15, 0.2) is 0 Å². The van der Waals surface area contributed by atoms with E-state index in [1.54, 1.807) is 7.05 Å². The second-order valence-corrected chi connectivity index (χ2v) is 3.64. The molecule has 0 aliphatic carbocycles. The summed E-state index contributed by atoms with van der Waals surface area (Å²) in [5.74, 6) is 0.219. The van der Waals surface area contributed by atoms with E-state index in [1.165, 1.54) is 4.80 Å².